The van der Waals surface area contributed by atoms with E-state index in [2.05, 4.69) is 15.4 Å². The summed E-state index contributed by atoms with van der Waals surface area (Å²) in [6, 6.07) is 11.3. The average Bonchev–Trinajstić information content (AvgIpc) is 3.58. The zero-order valence-corrected chi connectivity index (χ0v) is 19.8. The van der Waals surface area contributed by atoms with Crippen LogP contribution in [0.25, 0.3) is 16.8 Å². The summed E-state index contributed by atoms with van der Waals surface area (Å²) in [4.78, 5) is 16.9. The zero-order valence-electron chi connectivity index (χ0n) is 19.8. The second-order valence-electron chi connectivity index (χ2n) is 8.68. The van der Waals surface area contributed by atoms with Gasteiger partial charge in [0.15, 0.2) is 0 Å². The monoisotopic (exact) mass is 508 g/mol. The van der Waals surface area contributed by atoms with E-state index in [1.165, 1.54) is 12.1 Å². The minimum Gasteiger partial charge on any atom is -0.487 e. The molecular weight excluding hydrogens is 485 g/mol. The molecule has 3 heterocycles. The minimum atomic E-state index is -4.53. The molecule has 5 rings (SSSR count). The Bertz CT molecular complexity index is 1430. The molecule has 7 nitrogen and oxygen atoms in total. The van der Waals surface area contributed by atoms with Crippen LogP contribution in [0, 0.1) is 6.92 Å². The van der Waals surface area contributed by atoms with Gasteiger partial charge in [-0.1, -0.05) is 12.1 Å². The van der Waals surface area contributed by atoms with Crippen molar-refractivity contribution >= 4 is 11.6 Å². The van der Waals surface area contributed by atoms with E-state index in [1.54, 1.807) is 47.5 Å². The number of hydrogen-bond donors (Lipinski definition) is 1. The predicted octanol–water partition coefficient (Wildman–Crippen LogP) is 5.68. The summed E-state index contributed by atoms with van der Waals surface area (Å²) in [5, 5.41) is 7.16. The van der Waals surface area contributed by atoms with Crippen molar-refractivity contribution in [2.75, 3.05) is 18.5 Å². The molecule has 0 aliphatic carbocycles. The van der Waals surface area contributed by atoms with Crippen molar-refractivity contribution < 1.29 is 27.4 Å². The highest BCUT2D eigenvalue weighted by molar-refractivity contribution is 6.04. The van der Waals surface area contributed by atoms with Crippen LogP contribution in [0.4, 0.5) is 18.9 Å². The molecule has 4 aromatic rings. The highest BCUT2D eigenvalue weighted by atomic mass is 19.4. The number of nitrogens with zero attached hydrogens (tertiary/aromatic N) is 3. The maximum atomic E-state index is 13.0. The number of anilines is 1. The van der Waals surface area contributed by atoms with Crippen LogP contribution in [0.3, 0.4) is 0 Å². The van der Waals surface area contributed by atoms with E-state index >= 15 is 0 Å². The fourth-order valence-corrected chi connectivity index (χ4v) is 4.05. The first-order valence-corrected chi connectivity index (χ1v) is 11.6. The maximum absolute atomic E-state index is 13.0. The normalized spacial score (nSPS) is 15.5. The third kappa shape index (κ3) is 5.49. The van der Waals surface area contributed by atoms with Gasteiger partial charge in [0.2, 0.25) is 0 Å². The van der Waals surface area contributed by atoms with Gasteiger partial charge in [-0.05, 0) is 48.9 Å². The van der Waals surface area contributed by atoms with Crippen LogP contribution in [-0.2, 0) is 10.9 Å². The molecule has 0 radical (unpaired) electrons. The number of alkyl halides is 3. The number of carbonyl (C=O) groups is 1. The van der Waals surface area contributed by atoms with E-state index in [0.717, 1.165) is 35.2 Å². The molecule has 1 fully saturated rings. The highest BCUT2D eigenvalue weighted by Crippen LogP contribution is 2.32. The number of rotatable bonds is 6. The van der Waals surface area contributed by atoms with E-state index in [9.17, 15) is 18.0 Å². The Kier molecular flexibility index (Phi) is 6.66. The summed E-state index contributed by atoms with van der Waals surface area (Å²) in [5.74, 6) is 0.0407. The van der Waals surface area contributed by atoms with Gasteiger partial charge in [0, 0.05) is 47.4 Å². The van der Waals surface area contributed by atoms with Gasteiger partial charge >= 0.3 is 6.18 Å². The molecule has 37 heavy (non-hydrogen) atoms. The van der Waals surface area contributed by atoms with Gasteiger partial charge in [-0.15, -0.1) is 0 Å². The number of carbonyl (C=O) groups excluding carboxylic acids is 1. The third-order valence-electron chi connectivity index (χ3n) is 6.02. The lowest BCUT2D eigenvalue weighted by Crippen LogP contribution is -2.16. The molecule has 10 heteroatoms. The SMILES string of the molecule is Cc1ccc(NC(=O)c2cccc(C(F)(F)F)c2)cc1-n1cc(-c2cnccc2OC2CCOC2)cn1. The lowest BCUT2D eigenvalue weighted by Gasteiger charge is -2.14. The summed E-state index contributed by atoms with van der Waals surface area (Å²) >= 11 is 0. The van der Waals surface area contributed by atoms with Gasteiger partial charge in [-0.3, -0.25) is 9.78 Å². The van der Waals surface area contributed by atoms with Crippen molar-refractivity contribution in [2.24, 2.45) is 0 Å². The van der Waals surface area contributed by atoms with Gasteiger partial charge in [0.25, 0.3) is 5.91 Å². The van der Waals surface area contributed by atoms with Crippen molar-refractivity contribution in [1.82, 2.24) is 14.8 Å². The molecule has 1 unspecified atom stereocenters. The predicted molar refractivity (Wildman–Crippen MR) is 131 cm³/mol. The number of aromatic nitrogens is 3. The van der Waals surface area contributed by atoms with Crippen LogP contribution in [-0.4, -0.2) is 40.0 Å². The minimum absolute atomic E-state index is 0.0180. The van der Waals surface area contributed by atoms with Crippen LogP contribution in [0.2, 0.25) is 0 Å². The van der Waals surface area contributed by atoms with Gasteiger partial charge in [0.05, 0.1) is 30.7 Å². The van der Waals surface area contributed by atoms with E-state index in [4.69, 9.17) is 9.47 Å². The van der Waals surface area contributed by atoms with Crippen LogP contribution in [0.5, 0.6) is 5.75 Å². The van der Waals surface area contributed by atoms with Gasteiger partial charge in [0.1, 0.15) is 11.9 Å². The molecule has 1 aliphatic heterocycles. The fourth-order valence-electron chi connectivity index (χ4n) is 4.05. The molecular formula is C27H23F3N4O3. The smallest absolute Gasteiger partial charge is 0.416 e. The Morgan fingerprint density at radius 3 is 2.81 bits per heavy atom. The summed E-state index contributed by atoms with van der Waals surface area (Å²) in [6.45, 7) is 3.11. The van der Waals surface area contributed by atoms with E-state index in [1.807, 2.05) is 13.1 Å². The summed E-state index contributed by atoms with van der Waals surface area (Å²) in [6.07, 6.45) is 3.17. The third-order valence-corrected chi connectivity index (χ3v) is 6.02. The van der Waals surface area contributed by atoms with Crippen molar-refractivity contribution in [3.05, 3.63) is 90.0 Å². The van der Waals surface area contributed by atoms with Crippen LogP contribution < -0.4 is 10.1 Å². The van der Waals surface area contributed by atoms with E-state index in [0.29, 0.717) is 30.3 Å². The first-order valence-electron chi connectivity index (χ1n) is 11.6. The molecule has 0 spiro atoms. The molecule has 1 N–H and O–H groups in total. The standard InChI is InChI=1S/C27H23F3N4O3/c1-17-5-6-21(33-26(35)18-3-2-4-20(11-18)27(28,29)30)12-24(17)34-15-19(13-32-34)23-14-31-9-7-25(23)37-22-8-10-36-16-22/h2-7,9,11-15,22H,8,10,16H2,1H3,(H,33,35). The largest absolute Gasteiger partial charge is 0.487 e. The second-order valence-corrected chi connectivity index (χ2v) is 8.68. The van der Waals surface area contributed by atoms with Crippen LogP contribution >= 0.6 is 0 Å². The molecule has 190 valence electrons. The molecule has 1 saturated heterocycles. The topological polar surface area (TPSA) is 78.3 Å². The molecule has 1 atom stereocenters. The summed E-state index contributed by atoms with van der Waals surface area (Å²) in [5.41, 5.74) is 2.61. The van der Waals surface area contributed by atoms with Crippen molar-refractivity contribution in [3.63, 3.8) is 0 Å². The Morgan fingerprint density at radius 1 is 1.16 bits per heavy atom. The number of ether oxygens (including phenoxy) is 2. The summed E-state index contributed by atoms with van der Waals surface area (Å²) < 4.78 is 52.3. The lowest BCUT2D eigenvalue weighted by molar-refractivity contribution is -0.137. The molecule has 0 saturated carbocycles. The lowest BCUT2D eigenvalue weighted by atomic mass is 10.1. The molecule has 2 aromatic heterocycles. The maximum Gasteiger partial charge on any atom is 0.416 e. The number of halogens is 3. The molecule has 1 aliphatic rings. The molecule has 0 bridgehead atoms. The van der Waals surface area contributed by atoms with Gasteiger partial charge in [-0.25, -0.2) is 4.68 Å². The van der Waals surface area contributed by atoms with Gasteiger partial charge < -0.3 is 14.8 Å². The number of benzene rings is 2. The number of hydrogen-bond acceptors (Lipinski definition) is 5. The number of nitrogens with one attached hydrogen (secondary N) is 1. The van der Waals surface area contributed by atoms with Crippen LogP contribution in [0.1, 0.15) is 27.9 Å². The highest BCUT2D eigenvalue weighted by Gasteiger charge is 2.31. The summed E-state index contributed by atoms with van der Waals surface area (Å²) in [7, 11) is 0. The van der Waals surface area contributed by atoms with Crippen molar-refractivity contribution in [3.8, 4) is 22.6 Å². The van der Waals surface area contributed by atoms with E-state index in [-0.39, 0.29) is 11.7 Å². The first kappa shape index (κ1) is 24.5. The second kappa shape index (κ2) is 10.1. The average molecular weight is 509 g/mol. The number of aryl methyl sites for hydroxylation is 1. The van der Waals surface area contributed by atoms with Crippen LogP contribution in [0.15, 0.2) is 73.3 Å². The van der Waals surface area contributed by atoms with Crippen molar-refractivity contribution in [1.29, 1.82) is 0 Å². The number of pyridine rings is 1. The van der Waals surface area contributed by atoms with E-state index < -0.39 is 17.6 Å². The van der Waals surface area contributed by atoms with Crippen molar-refractivity contribution in [2.45, 2.75) is 25.6 Å². The zero-order chi connectivity index (χ0) is 26.0. The first-order chi connectivity index (χ1) is 17.8. The number of amides is 1. The Balaban J connectivity index is 1.38. The van der Waals surface area contributed by atoms with Gasteiger partial charge in [-0.2, -0.15) is 18.3 Å². The fraction of sp³-hybridized carbons (Fsp3) is 0.222. The molecule has 2 aromatic carbocycles. The quantitative estimate of drug-likeness (QED) is 0.363. The molecule has 1 amide bonds. The Morgan fingerprint density at radius 2 is 2.03 bits per heavy atom. The Labute approximate surface area is 210 Å². The Hall–Kier alpha value is -4.18.